The fraction of sp³-hybridized carbons (Fsp3) is 0.375. The van der Waals surface area contributed by atoms with E-state index in [9.17, 15) is 0 Å². The summed E-state index contributed by atoms with van der Waals surface area (Å²) < 4.78 is 0. The fourth-order valence-electron chi connectivity index (χ4n) is 2.85. The molecule has 0 amide bonds. The van der Waals surface area contributed by atoms with Crippen LogP contribution in [0.5, 0.6) is 0 Å². The van der Waals surface area contributed by atoms with Crippen LogP contribution in [-0.4, -0.2) is 9.97 Å². The van der Waals surface area contributed by atoms with Gasteiger partial charge in [0.05, 0.1) is 6.04 Å². The van der Waals surface area contributed by atoms with Crippen LogP contribution in [0.2, 0.25) is 0 Å². The number of nitrogens with one attached hydrogen (secondary N) is 1. The van der Waals surface area contributed by atoms with Gasteiger partial charge in [-0.3, -0.25) is 0 Å². The maximum Gasteiger partial charge on any atom is 0.223 e. The Balaban J connectivity index is 1.88. The smallest absolute Gasteiger partial charge is 0.223 e. The second-order valence-electron chi connectivity index (χ2n) is 5.26. The van der Waals surface area contributed by atoms with E-state index in [1.54, 1.807) is 0 Å². The van der Waals surface area contributed by atoms with E-state index in [4.69, 9.17) is 0 Å². The molecule has 0 aliphatic heterocycles. The number of hydrogen-bond donors (Lipinski definition) is 1. The van der Waals surface area contributed by atoms with E-state index in [0.717, 1.165) is 23.8 Å². The van der Waals surface area contributed by atoms with Gasteiger partial charge in [-0.2, -0.15) is 0 Å². The second-order valence-corrected chi connectivity index (χ2v) is 5.26. The van der Waals surface area contributed by atoms with Crippen LogP contribution in [0.15, 0.2) is 30.3 Å². The van der Waals surface area contributed by atoms with Gasteiger partial charge in [0.15, 0.2) is 0 Å². The maximum absolute atomic E-state index is 4.48. The van der Waals surface area contributed by atoms with Gasteiger partial charge in [-0.1, -0.05) is 24.3 Å². The lowest BCUT2D eigenvalue weighted by molar-refractivity contribution is 0.596. The van der Waals surface area contributed by atoms with Crippen molar-refractivity contribution in [1.29, 1.82) is 0 Å². The number of aryl methyl sites for hydroxylation is 3. The first-order valence-electron chi connectivity index (χ1n) is 6.89. The molecular formula is C16H19N3. The summed E-state index contributed by atoms with van der Waals surface area (Å²) in [6.07, 6.45) is 3.55. The van der Waals surface area contributed by atoms with Crippen LogP contribution in [0, 0.1) is 13.8 Å². The summed E-state index contributed by atoms with van der Waals surface area (Å²) in [5.41, 5.74) is 4.88. The Labute approximate surface area is 114 Å². The lowest BCUT2D eigenvalue weighted by Gasteiger charge is -2.26. The molecule has 1 aliphatic carbocycles. The third-order valence-electron chi connectivity index (χ3n) is 3.66. The van der Waals surface area contributed by atoms with Gasteiger partial charge < -0.3 is 5.32 Å². The van der Waals surface area contributed by atoms with E-state index < -0.39 is 0 Å². The zero-order valence-electron chi connectivity index (χ0n) is 11.5. The van der Waals surface area contributed by atoms with E-state index in [0.29, 0.717) is 6.04 Å². The van der Waals surface area contributed by atoms with Gasteiger partial charge in [-0.25, -0.2) is 9.97 Å². The predicted octanol–water partition coefficient (Wildman–Crippen LogP) is 3.58. The predicted molar refractivity (Wildman–Crippen MR) is 77.2 cm³/mol. The summed E-state index contributed by atoms with van der Waals surface area (Å²) in [6, 6.07) is 11.0. The molecule has 0 spiro atoms. The van der Waals surface area contributed by atoms with Crippen molar-refractivity contribution in [2.45, 2.75) is 39.2 Å². The highest BCUT2D eigenvalue weighted by atomic mass is 15.1. The fourth-order valence-corrected chi connectivity index (χ4v) is 2.85. The number of rotatable bonds is 2. The molecule has 1 aromatic carbocycles. The Hall–Kier alpha value is -1.90. The molecule has 1 heterocycles. The monoisotopic (exact) mass is 253 g/mol. The minimum atomic E-state index is 0.339. The largest absolute Gasteiger partial charge is 0.347 e. The van der Waals surface area contributed by atoms with Gasteiger partial charge in [0.1, 0.15) is 0 Å². The number of anilines is 1. The van der Waals surface area contributed by atoms with Crippen molar-refractivity contribution in [2.24, 2.45) is 0 Å². The van der Waals surface area contributed by atoms with Crippen molar-refractivity contribution in [3.63, 3.8) is 0 Å². The van der Waals surface area contributed by atoms with E-state index in [2.05, 4.69) is 39.6 Å². The van der Waals surface area contributed by atoms with Crippen LogP contribution < -0.4 is 5.32 Å². The zero-order chi connectivity index (χ0) is 13.2. The van der Waals surface area contributed by atoms with Crippen molar-refractivity contribution in [1.82, 2.24) is 9.97 Å². The molecule has 3 rings (SSSR count). The molecule has 98 valence electrons. The Morgan fingerprint density at radius 1 is 1.11 bits per heavy atom. The van der Waals surface area contributed by atoms with Crippen LogP contribution in [0.1, 0.15) is 41.4 Å². The summed E-state index contributed by atoms with van der Waals surface area (Å²) in [5.74, 6) is 0.749. The molecule has 2 aromatic rings. The maximum atomic E-state index is 4.48. The first-order valence-corrected chi connectivity index (χ1v) is 6.89. The minimum absolute atomic E-state index is 0.339. The molecule has 0 bridgehead atoms. The highest BCUT2D eigenvalue weighted by Crippen LogP contribution is 2.31. The van der Waals surface area contributed by atoms with E-state index in [-0.39, 0.29) is 0 Å². The van der Waals surface area contributed by atoms with Crippen molar-refractivity contribution >= 4 is 5.95 Å². The number of nitrogens with zero attached hydrogens (tertiary/aromatic N) is 2. The minimum Gasteiger partial charge on any atom is -0.347 e. The summed E-state index contributed by atoms with van der Waals surface area (Å²) in [5, 5.41) is 3.50. The van der Waals surface area contributed by atoms with Gasteiger partial charge in [-0.15, -0.1) is 0 Å². The van der Waals surface area contributed by atoms with Crippen LogP contribution in [0.25, 0.3) is 0 Å². The first kappa shape index (κ1) is 12.2. The lowest BCUT2D eigenvalue weighted by atomic mass is 9.88. The van der Waals surface area contributed by atoms with Crippen molar-refractivity contribution in [3.8, 4) is 0 Å². The molecule has 1 aromatic heterocycles. The van der Waals surface area contributed by atoms with Crippen LogP contribution in [0.4, 0.5) is 5.95 Å². The Bertz CT molecular complexity index is 572. The van der Waals surface area contributed by atoms with Gasteiger partial charge in [-0.05, 0) is 50.3 Å². The molecular weight excluding hydrogens is 234 g/mol. The Morgan fingerprint density at radius 3 is 2.63 bits per heavy atom. The molecule has 0 radical (unpaired) electrons. The highest BCUT2D eigenvalue weighted by Gasteiger charge is 2.20. The SMILES string of the molecule is Cc1cc(C)nc(NC2CCCc3ccccc32)n1. The molecule has 1 atom stereocenters. The standard InChI is InChI=1S/C16H19N3/c1-11-10-12(2)18-16(17-11)19-15-9-5-7-13-6-3-4-8-14(13)15/h3-4,6,8,10,15H,5,7,9H2,1-2H3,(H,17,18,19). The summed E-state index contributed by atoms with van der Waals surface area (Å²) in [7, 11) is 0. The van der Waals surface area contributed by atoms with Crippen molar-refractivity contribution in [3.05, 3.63) is 52.8 Å². The number of hydrogen-bond acceptors (Lipinski definition) is 3. The van der Waals surface area contributed by atoms with E-state index >= 15 is 0 Å². The average Bonchev–Trinajstić information content (AvgIpc) is 2.38. The quantitative estimate of drug-likeness (QED) is 0.889. The molecule has 1 aliphatic rings. The van der Waals surface area contributed by atoms with Crippen LogP contribution in [0.3, 0.4) is 0 Å². The van der Waals surface area contributed by atoms with Gasteiger partial charge in [0, 0.05) is 11.4 Å². The zero-order valence-corrected chi connectivity index (χ0v) is 11.5. The summed E-state index contributed by atoms with van der Waals surface area (Å²) >= 11 is 0. The topological polar surface area (TPSA) is 37.8 Å². The lowest BCUT2D eigenvalue weighted by Crippen LogP contribution is -2.18. The third-order valence-corrected chi connectivity index (χ3v) is 3.66. The first-order chi connectivity index (χ1) is 9.22. The molecule has 0 saturated heterocycles. The van der Waals surface area contributed by atoms with E-state index in [1.165, 1.54) is 24.0 Å². The summed E-state index contributed by atoms with van der Waals surface area (Å²) in [4.78, 5) is 8.96. The molecule has 3 nitrogen and oxygen atoms in total. The van der Waals surface area contributed by atoms with Crippen LogP contribution >= 0.6 is 0 Å². The Morgan fingerprint density at radius 2 is 1.84 bits per heavy atom. The number of benzene rings is 1. The average molecular weight is 253 g/mol. The Kier molecular flexibility index (Phi) is 3.20. The number of aromatic nitrogens is 2. The second kappa shape index (κ2) is 5.00. The number of fused-ring (bicyclic) bond motifs is 1. The molecule has 0 saturated carbocycles. The molecule has 1 unspecified atom stereocenters. The highest BCUT2D eigenvalue weighted by molar-refractivity contribution is 5.39. The normalized spacial score (nSPS) is 17.9. The van der Waals surface area contributed by atoms with E-state index in [1.807, 2.05) is 19.9 Å². The summed E-state index contributed by atoms with van der Waals surface area (Å²) in [6.45, 7) is 4.02. The van der Waals surface area contributed by atoms with Gasteiger partial charge in [0.25, 0.3) is 0 Å². The van der Waals surface area contributed by atoms with Crippen molar-refractivity contribution < 1.29 is 0 Å². The third kappa shape index (κ3) is 2.60. The van der Waals surface area contributed by atoms with Crippen LogP contribution in [-0.2, 0) is 6.42 Å². The molecule has 19 heavy (non-hydrogen) atoms. The molecule has 1 N–H and O–H groups in total. The van der Waals surface area contributed by atoms with Gasteiger partial charge in [0.2, 0.25) is 5.95 Å². The molecule has 0 fully saturated rings. The van der Waals surface area contributed by atoms with Crippen molar-refractivity contribution in [2.75, 3.05) is 5.32 Å². The van der Waals surface area contributed by atoms with Gasteiger partial charge >= 0.3 is 0 Å². The molecule has 3 heteroatoms.